The van der Waals surface area contributed by atoms with Gasteiger partial charge in [-0.25, -0.2) is 0 Å². The summed E-state index contributed by atoms with van der Waals surface area (Å²) in [5.74, 6) is -0.281. The third kappa shape index (κ3) is 8.10. The molecule has 0 amide bonds. The first-order chi connectivity index (χ1) is 10.5. The molecule has 1 N–H and O–H groups in total. The van der Waals surface area contributed by atoms with E-state index in [0.717, 1.165) is 0 Å². The van der Waals surface area contributed by atoms with E-state index in [0.29, 0.717) is 13.2 Å². The summed E-state index contributed by atoms with van der Waals surface area (Å²) >= 11 is 0. The summed E-state index contributed by atoms with van der Waals surface area (Å²) in [5.41, 5.74) is -1.02. The number of rotatable bonds is 8. The fraction of sp³-hybridized carbons (Fsp3) is 0.944. The fourth-order valence-corrected chi connectivity index (χ4v) is 2.89. The molecule has 0 heterocycles. The van der Waals surface area contributed by atoms with Crippen molar-refractivity contribution >= 4 is 14.3 Å². The molecular formula is C18H39NO4Si. The molecule has 24 heavy (non-hydrogen) atoms. The van der Waals surface area contributed by atoms with Crippen LogP contribution in [0.25, 0.3) is 0 Å². The Morgan fingerprint density at radius 1 is 1.04 bits per heavy atom. The van der Waals surface area contributed by atoms with Gasteiger partial charge >= 0.3 is 5.97 Å². The van der Waals surface area contributed by atoms with Crippen LogP contribution in [0.2, 0.25) is 18.1 Å². The van der Waals surface area contributed by atoms with E-state index < -0.39 is 19.5 Å². The minimum Gasteiger partial charge on any atom is -0.459 e. The fourth-order valence-electron chi connectivity index (χ4n) is 1.85. The lowest BCUT2D eigenvalue weighted by Gasteiger charge is -2.40. The number of nitrogens with zero attached hydrogens (tertiary/aromatic N) is 1. The summed E-state index contributed by atoms with van der Waals surface area (Å²) in [5, 5.41) is 9.82. The number of esters is 1. The largest absolute Gasteiger partial charge is 0.459 e. The Bertz CT molecular complexity index is 408. The highest BCUT2D eigenvalue weighted by Gasteiger charge is 2.37. The molecule has 0 saturated carbocycles. The zero-order chi connectivity index (χ0) is 19.4. The first kappa shape index (κ1) is 23.6. The van der Waals surface area contributed by atoms with Crippen molar-refractivity contribution in [2.24, 2.45) is 0 Å². The first-order valence-corrected chi connectivity index (χ1v) is 11.6. The van der Waals surface area contributed by atoms with Crippen LogP contribution in [0.15, 0.2) is 0 Å². The van der Waals surface area contributed by atoms with Crippen molar-refractivity contribution in [1.29, 1.82) is 0 Å². The molecule has 0 radical (unpaired) electrons. The van der Waals surface area contributed by atoms with Crippen molar-refractivity contribution in [1.82, 2.24) is 4.90 Å². The van der Waals surface area contributed by atoms with E-state index in [2.05, 4.69) is 33.9 Å². The van der Waals surface area contributed by atoms with Crippen molar-refractivity contribution in [2.45, 2.75) is 84.7 Å². The smallest absolute Gasteiger partial charge is 0.320 e. The molecule has 0 spiro atoms. The van der Waals surface area contributed by atoms with Gasteiger partial charge in [0, 0.05) is 18.7 Å². The Kier molecular flexibility index (Phi) is 8.15. The maximum Gasteiger partial charge on any atom is 0.320 e. The van der Waals surface area contributed by atoms with Gasteiger partial charge in [-0.2, -0.15) is 0 Å². The average Bonchev–Trinajstić information content (AvgIpc) is 2.33. The van der Waals surface area contributed by atoms with Gasteiger partial charge < -0.3 is 14.3 Å². The van der Waals surface area contributed by atoms with Crippen LogP contribution in [0.4, 0.5) is 0 Å². The summed E-state index contributed by atoms with van der Waals surface area (Å²) in [6.07, 6.45) is 0. The van der Waals surface area contributed by atoms with Crippen molar-refractivity contribution in [3.05, 3.63) is 0 Å². The average molecular weight is 362 g/mol. The molecular weight excluding hydrogens is 322 g/mol. The molecule has 0 rings (SSSR count). The SMILES string of the molecule is CC(C)(C)OC(=O)CN(CCO[Si](C)(C)C(C)(C)C)C(C)(C)CO. The van der Waals surface area contributed by atoms with Crippen LogP contribution in [0, 0.1) is 0 Å². The number of ether oxygens (including phenoxy) is 1. The van der Waals surface area contributed by atoms with Crippen LogP contribution >= 0.6 is 0 Å². The molecule has 6 heteroatoms. The van der Waals surface area contributed by atoms with E-state index in [1.807, 2.05) is 39.5 Å². The lowest BCUT2D eigenvalue weighted by Crippen LogP contribution is -2.52. The molecule has 0 aromatic rings. The zero-order valence-corrected chi connectivity index (χ0v) is 18.4. The minimum atomic E-state index is -1.82. The highest BCUT2D eigenvalue weighted by atomic mass is 28.4. The standard InChI is InChI=1S/C18H39NO4Si/c1-16(2,3)23-15(21)13-19(18(7,8)14-20)11-12-22-24(9,10)17(4,5)6/h20H,11-14H2,1-10H3. The number of hydrogen-bond donors (Lipinski definition) is 1. The summed E-state index contributed by atoms with van der Waals surface area (Å²) < 4.78 is 11.6. The number of hydrogen-bond acceptors (Lipinski definition) is 5. The second kappa shape index (κ2) is 8.30. The lowest BCUT2D eigenvalue weighted by molar-refractivity contribution is -0.158. The van der Waals surface area contributed by atoms with Crippen molar-refractivity contribution in [3.63, 3.8) is 0 Å². The van der Waals surface area contributed by atoms with Gasteiger partial charge in [0.2, 0.25) is 0 Å². The zero-order valence-electron chi connectivity index (χ0n) is 17.4. The van der Waals surface area contributed by atoms with Crippen LogP contribution in [-0.4, -0.2) is 61.7 Å². The van der Waals surface area contributed by atoms with E-state index >= 15 is 0 Å². The van der Waals surface area contributed by atoms with Gasteiger partial charge in [-0.1, -0.05) is 20.8 Å². The van der Waals surface area contributed by atoms with Gasteiger partial charge in [-0.3, -0.25) is 9.69 Å². The Labute approximate surface area is 149 Å². The summed E-state index contributed by atoms with van der Waals surface area (Å²) in [4.78, 5) is 14.1. The van der Waals surface area contributed by atoms with Gasteiger partial charge in [0.25, 0.3) is 0 Å². The van der Waals surface area contributed by atoms with Crippen LogP contribution in [0.5, 0.6) is 0 Å². The third-order valence-electron chi connectivity index (χ3n) is 4.61. The van der Waals surface area contributed by atoms with Gasteiger partial charge in [0.15, 0.2) is 8.32 Å². The maximum atomic E-state index is 12.2. The van der Waals surface area contributed by atoms with Gasteiger partial charge in [0.05, 0.1) is 13.2 Å². The number of carbonyl (C=O) groups is 1. The Morgan fingerprint density at radius 3 is 1.92 bits per heavy atom. The van der Waals surface area contributed by atoms with Crippen molar-refractivity contribution in [3.8, 4) is 0 Å². The number of carbonyl (C=O) groups excluding carboxylic acids is 1. The molecule has 0 atom stereocenters. The molecule has 0 unspecified atom stereocenters. The predicted octanol–water partition coefficient (Wildman–Crippen LogP) is 3.42. The van der Waals surface area contributed by atoms with Crippen LogP contribution in [0.3, 0.4) is 0 Å². The van der Waals surface area contributed by atoms with Crippen LogP contribution < -0.4 is 0 Å². The van der Waals surface area contributed by atoms with Crippen molar-refractivity contribution < 1.29 is 19.1 Å². The lowest BCUT2D eigenvalue weighted by atomic mass is 10.0. The molecule has 0 aromatic carbocycles. The molecule has 0 fully saturated rings. The van der Waals surface area contributed by atoms with E-state index in [-0.39, 0.29) is 24.2 Å². The second-order valence-corrected chi connectivity index (χ2v) is 14.4. The Morgan fingerprint density at radius 2 is 1.54 bits per heavy atom. The van der Waals surface area contributed by atoms with Gasteiger partial charge in [-0.05, 0) is 52.8 Å². The number of aliphatic hydroxyl groups is 1. The first-order valence-electron chi connectivity index (χ1n) is 8.73. The molecule has 0 aliphatic carbocycles. The molecule has 0 aliphatic rings. The Balaban J connectivity index is 4.86. The molecule has 0 aliphatic heterocycles. The normalized spacial score (nSPS) is 14.2. The molecule has 0 aromatic heterocycles. The maximum absolute atomic E-state index is 12.2. The summed E-state index contributed by atoms with van der Waals surface area (Å²) in [6, 6.07) is 0. The van der Waals surface area contributed by atoms with E-state index in [4.69, 9.17) is 9.16 Å². The monoisotopic (exact) mass is 361 g/mol. The van der Waals surface area contributed by atoms with Gasteiger partial charge in [0.1, 0.15) is 5.60 Å². The minimum absolute atomic E-state index is 0.0319. The third-order valence-corrected chi connectivity index (χ3v) is 9.15. The van der Waals surface area contributed by atoms with E-state index in [9.17, 15) is 9.90 Å². The van der Waals surface area contributed by atoms with Gasteiger partial charge in [-0.15, -0.1) is 0 Å². The Hall–Kier alpha value is -0.433. The quantitative estimate of drug-likeness (QED) is 0.530. The number of aliphatic hydroxyl groups excluding tert-OH is 1. The highest BCUT2D eigenvalue weighted by Crippen LogP contribution is 2.36. The molecule has 144 valence electrons. The van der Waals surface area contributed by atoms with Crippen LogP contribution in [0.1, 0.15) is 55.4 Å². The van der Waals surface area contributed by atoms with Crippen LogP contribution in [-0.2, 0) is 14.0 Å². The topological polar surface area (TPSA) is 59.0 Å². The molecule has 0 saturated heterocycles. The predicted molar refractivity (Wildman–Crippen MR) is 102 cm³/mol. The van der Waals surface area contributed by atoms with E-state index in [1.54, 1.807) is 0 Å². The highest BCUT2D eigenvalue weighted by molar-refractivity contribution is 6.74. The second-order valence-electron chi connectivity index (χ2n) is 9.59. The molecule has 0 bridgehead atoms. The molecule has 5 nitrogen and oxygen atoms in total. The van der Waals surface area contributed by atoms with E-state index in [1.165, 1.54) is 0 Å². The van der Waals surface area contributed by atoms with Crippen molar-refractivity contribution in [2.75, 3.05) is 26.3 Å². The summed E-state index contributed by atoms with van der Waals surface area (Å²) in [6.45, 7) is 21.7. The summed E-state index contributed by atoms with van der Waals surface area (Å²) in [7, 11) is -1.82.